The summed E-state index contributed by atoms with van der Waals surface area (Å²) in [5, 5.41) is 18.6. The van der Waals surface area contributed by atoms with Gasteiger partial charge in [0.25, 0.3) is 0 Å². The molecule has 0 saturated carbocycles. The van der Waals surface area contributed by atoms with Crippen LogP contribution in [0.5, 0.6) is 0 Å². The van der Waals surface area contributed by atoms with Gasteiger partial charge in [0.15, 0.2) is 6.10 Å². The smallest absolute Gasteiger partial charge is 0.373 e. The number of rotatable bonds is 4. The fourth-order valence-electron chi connectivity index (χ4n) is 1.03. The Morgan fingerprint density at radius 1 is 1.44 bits per heavy atom. The molecule has 0 radical (unpaired) electrons. The summed E-state index contributed by atoms with van der Waals surface area (Å²) in [5.41, 5.74) is 4.78. The summed E-state index contributed by atoms with van der Waals surface area (Å²) in [6.07, 6.45) is -3.41. The number of aliphatic hydroxyl groups excluding tert-OH is 2. The van der Waals surface area contributed by atoms with Crippen LogP contribution in [-0.2, 0) is 9.53 Å². The van der Waals surface area contributed by atoms with Gasteiger partial charge in [-0.3, -0.25) is 4.79 Å². The van der Waals surface area contributed by atoms with Gasteiger partial charge in [-0.15, -0.1) is 0 Å². The molecule has 0 aliphatic carbocycles. The first-order chi connectivity index (χ1) is 7.47. The second-order valence-corrected chi connectivity index (χ2v) is 2.99. The van der Waals surface area contributed by atoms with Crippen molar-refractivity contribution < 1.29 is 29.0 Å². The summed E-state index contributed by atoms with van der Waals surface area (Å²) >= 11 is 0. The van der Waals surface area contributed by atoms with Crippen LogP contribution in [0.4, 0.5) is 0 Å². The maximum atomic E-state index is 11.0. The summed E-state index contributed by atoms with van der Waals surface area (Å²) in [5.74, 6) is -2.12. The lowest BCUT2D eigenvalue weighted by molar-refractivity contribution is -0.132. The largest absolute Gasteiger partial charge is 0.463 e. The summed E-state index contributed by atoms with van der Waals surface area (Å²) in [6.45, 7) is 0. The molecular formula is C9H11NO6. The van der Waals surface area contributed by atoms with E-state index in [4.69, 9.17) is 15.3 Å². The number of esters is 1. The first-order valence-electron chi connectivity index (χ1n) is 4.31. The van der Waals surface area contributed by atoms with Crippen molar-refractivity contribution in [3.8, 4) is 0 Å². The molecule has 1 rings (SSSR count). The number of ether oxygens (including phenoxy) is 1. The predicted molar refractivity (Wildman–Crippen MR) is 50.2 cm³/mol. The van der Waals surface area contributed by atoms with Gasteiger partial charge in [0.2, 0.25) is 11.7 Å². The number of carbonyl (C=O) groups is 2. The van der Waals surface area contributed by atoms with Crippen LogP contribution in [0.1, 0.15) is 22.4 Å². The highest BCUT2D eigenvalue weighted by Gasteiger charge is 2.27. The Morgan fingerprint density at radius 2 is 2.06 bits per heavy atom. The molecule has 0 fully saturated rings. The second-order valence-electron chi connectivity index (χ2n) is 2.99. The SMILES string of the molecule is COC(=O)c1ccc(C(O)C(O)C(N)=O)o1. The van der Waals surface area contributed by atoms with E-state index in [9.17, 15) is 14.7 Å². The maximum absolute atomic E-state index is 11.0. The number of furan rings is 1. The molecule has 2 unspecified atom stereocenters. The van der Waals surface area contributed by atoms with Gasteiger partial charge >= 0.3 is 5.97 Å². The van der Waals surface area contributed by atoms with Crippen LogP contribution in [0.3, 0.4) is 0 Å². The van der Waals surface area contributed by atoms with Crippen molar-refractivity contribution in [2.45, 2.75) is 12.2 Å². The highest BCUT2D eigenvalue weighted by molar-refractivity contribution is 5.86. The molecule has 16 heavy (non-hydrogen) atoms. The molecule has 1 heterocycles. The van der Waals surface area contributed by atoms with Crippen molar-refractivity contribution in [2.24, 2.45) is 5.73 Å². The fraction of sp³-hybridized carbons (Fsp3) is 0.333. The van der Waals surface area contributed by atoms with E-state index in [2.05, 4.69) is 4.74 Å². The second kappa shape index (κ2) is 4.77. The maximum Gasteiger partial charge on any atom is 0.373 e. The minimum Gasteiger partial charge on any atom is -0.463 e. The zero-order chi connectivity index (χ0) is 12.3. The number of carbonyl (C=O) groups excluding carboxylic acids is 2. The van der Waals surface area contributed by atoms with Gasteiger partial charge < -0.3 is 25.1 Å². The average molecular weight is 229 g/mol. The van der Waals surface area contributed by atoms with Crippen molar-refractivity contribution >= 4 is 11.9 Å². The van der Waals surface area contributed by atoms with Gasteiger partial charge in [-0.05, 0) is 12.1 Å². The van der Waals surface area contributed by atoms with E-state index in [1.807, 2.05) is 0 Å². The highest BCUT2D eigenvalue weighted by atomic mass is 16.5. The van der Waals surface area contributed by atoms with Crippen LogP contribution in [-0.4, -0.2) is 35.3 Å². The van der Waals surface area contributed by atoms with Crippen molar-refractivity contribution in [1.29, 1.82) is 0 Å². The van der Waals surface area contributed by atoms with Crippen LogP contribution in [0, 0.1) is 0 Å². The molecule has 1 amide bonds. The van der Waals surface area contributed by atoms with Crippen LogP contribution in [0.25, 0.3) is 0 Å². The molecule has 7 nitrogen and oxygen atoms in total. The van der Waals surface area contributed by atoms with E-state index in [0.29, 0.717) is 0 Å². The number of amides is 1. The average Bonchev–Trinajstić information content (AvgIpc) is 2.75. The van der Waals surface area contributed by atoms with Crippen LogP contribution < -0.4 is 5.73 Å². The van der Waals surface area contributed by atoms with E-state index in [1.54, 1.807) is 0 Å². The summed E-state index contributed by atoms with van der Waals surface area (Å²) < 4.78 is 9.25. The molecular weight excluding hydrogens is 218 g/mol. The summed E-state index contributed by atoms with van der Waals surface area (Å²) in [4.78, 5) is 21.6. The lowest BCUT2D eigenvalue weighted by atomic mass is 10.1. The normalized spacial score (nSPS) is 14.2. The zero-order valence-electron chi connectivity index (χ0n) is 8.41. The number of methoxy groups -OCH3 is 1. The molecule has 2 atom stereocenters. The predicted octanol–water partition coefficient (Wildman–Crippen LogP) is -1.05. The van der Waals surface area contributed by atoms with Gasteiger partial charge in [-0.2, -0.15) is 0 Å². The first kappa shape index (κ1) is 12.2. The van der Waals surface area contributed by atoms with E-state index in [-0.39, 0.29) is 11.5 Å². The lowest BCUT2D eigenvalue weighted by Gasteiger charge is -2.11. The number of hydrogen-bond acceptors (Lipinski definition) is 6. The van der Waals surface area contributed by atoms with Crippen molar-refractivity contribution in [3.05, 3.63) is 23.7 Å². The molecule has 88 valence electrons. The van der Waals surface area contributed by atoms with E-state index in [1.165, 1.54) is 19.2 Å². The minimum atomic E-state index is -1.79. The molecule has 0 saturated heterocycles. The Balaban J connectivity index is 2.85. The Bertz CT molecular complexity index is 398. The van der Waals surface area contributed by atoms with E-state index in [0.717, 1.165) is 0 Å². The third-order valence-electron chi connectivity index (χ3n) is 1.90. The Hall–Kier alpha value is -1.86. The first-order valence-corrected chi connectivity index (χ1v) is 4.31. The van der Waals surface area contributed by atoms with Crippen molar-refractivity contribution in [1.82, 2.24) is 0 Å². The van der Waals surface area contributed by atoms with Crippen LogP contribution in [0.2, 0.25) is 0 Å². The lowest BCUT2D eigenvalue weighted by Crippen LogP contribution is -2.33. The van der Waals surface area contributed by atoms with Crippen molar-refractivity contribution in [3.63, 3.8) is 0 Å². The Labute approximate surface area is 90.4 Å². The topological polar surface area (TPSA) is 123 Å². The molecule has 0 aliphatic heterocycles. The molecule has 7 heteroatoms. The van der Waals surface area contributed by atoms with Gasteiger partial charge in [-0.1, -0.05) is 0 Å². The monoisotopic (exact) mass is 229 g/mol. The summed E-state index contributed by atoms with van der Waals surface area (Å²) in [6, 6.07) is 2.49. The number of primary amides is 1. The van der Waals surface area contributed by atoms with E-state index < -0.39 is 24.1 Å². The van der Waals surface area contributed by atoms with Crippen molar-refractivity contribution in [2.75, 3.05) is 7.11 Å². The molecule has 0 aliphatic rings. The molecule has 0 aromatic carbocycles. The minimum absolute atomic E-state index is 0.145. The molecule has 1 aromatic heterocycles. The number of nitrogens with two attached hydrogens (primary N) is 1. The van der Waals surface area contributed by atoms with Gasteiger partial charge in [0.05, 0.1) is 7.11 Å². The van der Waals surface area contributed by atoms with Crippen LogP contribution in [0.15, 0.2) is 16.5 Å². The Morgan fingerprint density at radius 3 is 2.56 bits per heavy atom. The summed E-state index contributed by atoms with van der Waals surface area (Å²) in [7, 11) is 1.17. The highest BCUT2D eigenvalue weighted by Crippen LogP contribution is 2.20. The molecule has 1 aromatic rings. The quantitative estimate of drug-likeness (QED) is 0.566. The standard InChI is InChI=1S/C9H11NO6/c1-15-9(14)5-3-2-4(16-5)6(11)7(12)8(10)13/h2-3,6-7,11-12H,1H3,(H2,10,13). The van der Waals surface area contributed by atoms with Gasteiger partial charge in [0, 0.05) is 0 Å². The van der Waals surface area contributed by atoms with Crippen LogP contribution >= 0.6 is 0 Å². The Kier molecular flexibility index (Phi) is 3.64. The number of hydrogen-bond donors (Lipinski definition) is 3. The third-order valence-corrected chi connectivity index (χ3v) is 1.90. The van der Waals surface area contributed by atoms with Gasteiger partial charge in [0.1, 0.15) is 11.9 Å². The molecule has 4 N–H and O–H groups in total. The molecule has 0 bridgehead atoms. The molecule has 0 spiro atoms. The van der Waals surface area contributed by atoms with E-state index >= 15 is 0 Å². The zero-order valence-corrected chi connectivity index (χ0v) is 8.41. The van der Waals surface area contributed by atoms with Gasteiger partial charge in [-0.25, -0.2) is 4.79 Å². The third kappa shape index (κ3) is 2.38. The fourth-order valence-corrected chi connectivity index (χ4v) is 1.03. The number of aliphatic hydroxyl groups is 2.